The Balaban J connectivity index is 2.16. The molecule has 0 aliphatic carbocycles. The zero-order chi connectivity index (χ0) is 13.1. The molecular formula is C12H11FN2O3. The van der Waals surface area contributed by atoms with Crippen molar-refractivity contribution in [1.82, 2.24) is 4.98 Å². The van der Waals surface area contributed by atoms with Crippen LogP contribution < -0.4 is 5.32 Å². The van der Waals surface area contributed by atoms with Crippen LogP contribution in [0, 0.1) is 12.7 Å². The highest BCUT2D eigenvalue weighted by Crippen LogP contribution is 2.18. The van der Waals surface area contributed by atoms with Gasteiger partial charge in [-0.1, -0.05) is 0 Å². The number of carboxylic acid groups (broad SMARTS) is 1. The highest BCUT2D eigenvalue weighted by atomic mass is 19.1. The molecule has 0 bridgehead atoms. The highest BCUT2D eigenvalue weighted by Gasteiger charge is 2.11. The number of carboxylic acids is 1. The molecule has 0 aliphatic rings. The van der Waals surface area contributed by atoms with Crippen LogP contribution >= 0.6 is 0 Å². The van der Waals surface area contributed by atoms with E-state index in [2.05, 4.69) is 10.3 Å². The minimum atomic E-state index is -1.19. The van der Waals surface area contributed by atoms with Gasteiger partial charge in [0.05, 0.1) is 18.3 Å². The largest absolute Gasteiger partial charge is 0.478 e. The molecular weight excluding hydrogens is 239 g/mol. The predicted octanol–water partition coefficient (Wildman–Crippen LogP) is 2.43. The van der Waals surface area contributed by atoms with Crippen LogP contribution in [0.5, 0.6) is 0 Å². The van der Waals surface area contributed by atoms with Crippen molar-refractivity contribution < 1.29 is 18.7 Å². The van der Waals surface area contributed by atoms with Gasteiger partial charge in [-0.05, 0) is 25.1 Å². The van der Waals surface area contributed by atoms with E-state index in [4.69, 9.17) is 9.52 Å². The molecule has 0 saturated carbocycles. The molecule has 5 nitrogen and oxygen atoms in total. The second kappa shape index (κ2) is 4.87. The van der Waals surface area contributed by atoms with E-state index in [1.54, 1.807) is 13.1 Å². The van der Waals surface area contributed by atoms with Gasteiger partial charge in [-0.3, -0.25) is 0 Å². The summed E-state index contributed by atoms with van der Waals surface area (Å²) in [5.41, 5.74) is 0.193. The average Bonchev–Trinajstić information content (AvgIpc) is 2.73. The zero-order valence-electron chi connectivity index (χ0n) is 9.61. The zero-order valence-corrected chi connectivity index (χ0v) is 9.61. The average molecular weight is 250 g/mol. The molecule has 0 atom stereocenters. The van der Waals surface area contributed by atoms with Crippen molar-refractivity contribution in [3.63, 3.8) is 0 Å². The Morgan fingerprint density at radius 3 is 2.94 bits per heavy atom. The van der Waals surface area contributed by atoms with E-state index in [1.165, 1.54) is 12.1 Å². The number of aromatic nitrogens is 1. The van der Waals surface area contributed by atoms with Crippen LogP contribution in [0.15, 0.2) is 28.8 Å². The van der Waals surface area contributed by atoms with Gasteiger partial charge in [0.15, 0.2) is 0 Å². The highest BCUT2D eigenvalue weighted by molar-refractivity contribution is 5.94. The molecule has 1 aromatic carbocycles. The summed E-state index contributed by atoms with van der Waals surface area (Å²) in [6.45, 7) is 2.00. The lowest BCUT2D eigenvalue weighted by atomic mass is 10.1. The summed E-state index contributed by atoms with van der Waals surface area (Å²) < 4.78 is 18.2. The molecule has 0 radical (unpaired) electrons. The molecule has 2 aromatic rings. The molecule has 0 fully saturated rings. The van der Waals surface area contributed by atoms with Crippen molar-refractivity contribution in [2.45, 2.75) is 13.5 Å². The number of hydrogen-bond donors (Lipinski definition) is 2. The van der Waals surface area contributed by atoms with Crippen molar-refractivity contribution >= 4 is 11.7 Å². The number of hydrogen-bond acceptors (Lipinski definition) is 4. The fraction of sp³-hybridized carbons (Fsp3) is 0.167. The summed E-state index contributed by atoms with van der Waals surface area (Å²) in [5.74, 6) is -0.678. The van der Waals surface area contributed by atoms with Crippen LogP contribution in [0.3, 0.4) is 0 Å². The number of benzene rings is 1. The SMILES string of the molecule is Cc1cnc(CNc2ccc(F)cc2C(=O)O)o1. The molecule has 2 N–H and O–H groups in total. The summed E-state index contributed by atoms with van der Waals surface area (Å²) >= 11 is 0. The minimum absolute atomic E-state index is 0.127. The second-order valence-corrected chi connectivity index (χ2v) is 3.71. The smallest absolute Gasteiger partial charge is 0.337 e. The number of rotatable bonds is 4. The Morgan fingerprint density at radius 2 is 2.33 bits per heavy atom. The van der Waals surface area contributed by atoms with Gasteiger partial charge in [-0.2, -0.15) is 0 Å². The maximum absolute atomic E-state index is 13.0. The Bertz CT molecular complexity index is 580. The van der Waals surface area contributed by atoms with Crippen molar-refractivity contribution in [1.29, 1.82) is 0 Å². The molecule has 1 aromatic heterocycles. The van der Waals surface area contributed by atoms with E-state index in [1.807, 2.05) is 0 Å². The Labute approximate surface area is 102 Å². The fourth-order valence-electron chi connectivity index (χ4n) is 1.50. The topological polar surface area (TPSA) is 75.4 Å². The predicted molar refractivity (Wildman–Crippen MR) is 61.9 cm³/mol. The Kier molecular flexibility index (Phi) is 3.27. The number of aromatic carboxylic acids is 1. The number of oxazole rings is 1. The van der Waals surface area contributed by atoms with Gasteiger partial charge < -0.3 is 14.8 Å². The lowest BCUT2D eigenvalue weighted by molar-refractivity contribution is 0.0697. The number of halogens is 1. The number of nitrogens with one attached hydrogen (secondary N) is 1. The summed E-state index contributed by atoms with van der Waals surface area (Å²) in [4.78, 5) is 14.9. The molecule has 6 heteroatoms. The molecule has 0 unspecified atom stereocenters. The quantitative estimate of drug-likeness (QED) is 0.871. The lowest BCUT2D eigenvalue weighted by Crippen LogP contribution is -2.07. The van der Waals surface area contributed by atoms with Crippen LogP contribution in [0.2, 0.25) is 0 Å². The van der Waals surface area contributed by atoms with Crippen molar-refractivity contribution in [3.8, 4) is 0 Å². The number of carbonyl (C=O) groups is 1. The first-order valence-electron chi connectivity index (χ1n) is 5.24. The molecule has 2 rings (SSSR count). The van der Waals surface area contributed by atoms with E-state index in [0.717, 1.165) is 6.07 Å². The molecule has 1 heterocycles. The van der Waals surface area contributed by atoms with Gasteiger partial charge in [0.1, 0.15) is 11.6 Å². The molecule has 18 heavy (non-hydrogen) atoms. The minimum Gasteiger partial charge on any atom is -0.478 e. The number of nitrogens with zero attached hydrogens (tertiary/aromatic N) is 1. The third kappa shape index (κ3) is 2.65. The Hall–Kier alpha value is -2.37. The van der Waals surface area contributed by atoms with Gasteiger partial charge in [-0.25, -0.2) is 14.2 Å². The summed E-state index contributed by atoms with van der Waals surface area (Å²) in [7, 11) is 0. The third-order valence-electron chi connectivity index (χ3n) is 2.31. The molecule has 0 amide bonds. The number of aryl methyl sites for hydroxylation is 1. The maximum atomic E-state index is 13.0. The first-order chi connectivity index (χ1) is 8.56. The van der Waals surface area contributed by atoms with E-state index < -0.39 is 11.8 Å². The summed E-state index contributed by atoms with van der Waals surface area (Å²) in [5, 5.41) is 11.8. The molecule has 0 spiro atoms. The monoisotopic (exact) mass is 250 g/mol. The molecule has 0 saturated heterocycles. The second-order valence-electron chi connectivity index (χ2n) is 3.71. The van der Waals surface area contributed by atoms with Crippen LogP contribution in [-0.4, -0.2) is 16.1 Å². The van der Waals surface area contributed by atoms with Crippen LogP contribution in [0.25, 0.3) is 0 Å². The summed E-state index contributed by atoms with van der Waals surface area (Å²) in [6, 6.07) is 3.52. The molecule has 94 valence electrons. The maximum Gasteiger partial charge on any atom is 0.337 e. The van der Waals surface area contributed by atoms with Gasteiger partial charge >= 0.3 is 5.97 Å². The van der Waals surface area contributed by atoms with E-state index in [0.29, 0.717) is 17.3 Å². The Morgan fingerprint density at radius 1 is 1.56 bits per heavy atom. The van der Waals surface area contributed by atoms with Crippen molar-refractivity contribution in [2.75, 3.05) is 5.32 Å². The standard InChI is InChI=1S/C12H11FN2O3/c1-7-5-15-11(18-7)6-14-10-3-2-8(13)4-9(10)12(16)17/h2-5,14H,6H2,1H3,(H,16,17). The first kappa shape index (κ1) is 12.1. The van der Waals surface area contributed by atoms with Gasteiger partial charge in [0.2, 0.25) is 5.89 Å². The van der Waals surface area contributed by atoms with Gasteiger partial charge in [0, 0.05) is 5.69 Å². The van der Waals surface area contributed by atoms with Crippen LogP contribution in [-0.2, 0) is 6.54 Å². The third-order valence-corrected chi connectivity index (χ3v) is 2.31. The fourth-order valence-corrected chi connectivity index (χ4v) is 1.50. The van der Waals surface area contributed by atoms with Crippen molar-refractivity contribution in [3.05, 3.63) is 47.4 Å². The van der Waals surface area contributed by atoms with Crippen LogP contribution in [0.1, 0.15) is 22.0 Å². The normalized spacial score (nSPS) is 10.3. The summed E-state index contributed by atoms with van der Waals surface area (Å²) in [6.07, 6.45) is 1.57. The first-order valence-corrected chi connectivity index (χ1v) is 5.24. The van der Waals surface area contributed by atoms with E-state index >= 15 is 0 Å². The van der Waals surface area contributed by atoms with Crippen molar-refractivity contribution in [2.24, 2.45) is 0 Å². The van der Waals surface area contributed by atoms with Crippen LogP contribution in [0.4, 0.5) is 10.1 Å². The van der Waals surface area contributed by atoms with Gasteiger partial charge in [-0.15, -0.1) is 0 Å². The van der Waals surface area contributed by atoms with E-state index in [-0.39, 0.29) is 12.1 Å². The molecule has 0 aliphatic heterocycles. The van der Waals surface area contributed by atoms with E-state index in [9.17, 15) is 9.18 Å². The van der Waals surface area contributed by atoms with Gasteiger partial charge in [0.25, 0.3) is 0 Å². The lowest BCUT2D eigenvalue weighted by Gasteiger charge is -2.07. The number of anilines is 1.